The van der Waals surface area contributed by atoms with Crippen LogP contribution in [0.4, 0.5) is 17.1 Å². The van der Waals surface area contributed by atoms with Gasteiger partial charge in [0.25, 0.3) is 0 Å². The molecule has 69 heavy (non-hydrogen) atoms. The molecule has 1 aliphatic carbocycles. The Kier molecular flexibility index (Phi) is 9.55. The smallest absolute Gasteiger partial charge is 0.0547 e. The van der Waals surface area contributed by atoms with Crippen molar-refractivity contribution in [2.24, 2.45) is 0 Å². The van der Waals surface area contributed by atoms with E-state index in [-0.39, 0.29) is 5.41 Å². The van der Waals surface area contributed by atoms with Crippen molar-refractivity contribution in [3.05, 3.63) is 266 Å². The third kappa shape index (κ3) is 6.48. The molecule has 0 radical (unpaired) electrons. The highest BCUT2D eigenvalue weighted by Crippen LogP contribution is 2.56. The first kappa shape index (κ1) is 40.5. The van der Waals surface area contributed by atoms with E-state index in [1.54, 1.807) is 0 Å². The van der Waals surface area contributed by atoms with Crippen LogP contribution in [-0.2, 0) is 5.41 Å². The summed E-state index contributed by atoms with van der Waals surface area (Å²) in [5.74, 6) is 0. The molecule has 1 heterocycles. The van der Waals surface area contributed by atoms with Crippen LogP contribution in [0, 0.1) is 0 Å². The summed E-state index contributed by atoms with van der Waals surface area (Å²) in [6.07, 6.45) is 0. The lowest BCUT2D eigenvalue weighted by Gasteiger charge is -2.32. The second-order valence-electron chi connectivity index (χ2n) is 18.8. The predicted molar refractivity (Wildman–Crippen MR) is 292 cm³/mol. The number of fused-ring (bicyclic) bond motifs is 8. The molecule has 12 aromatic rings. The SMILES string of the molecule is CC1(C)c2c(-c3cccc(N(c4cccc(-c5cccc6c5c5ccccc5n6-c5ccccc5)c4)c4ccccc4-c4ccccc4)c3-c3ccccc3)cccc2-c2ccc3ccccc3c21. The lowest BCUT2D eigenvalue weighted by Crippen LogP contribution is -2.17. The molecule has 1 aliphatic rings. The van der Waals surface area contributed by atoms with Crippen LogP contribution in [0.2, 0.25) is 0 Å². The Labute approximate surface area is 403 Å². The molecule has 326 valence electrons. The van der Waals surface area contributed by atoms with Crippen molar-refractivity contribution in [2.75, 3.05) is 4.90 Å². The number of anilines is 3. The minimum absolute atomic E-state index is 0.259. The molecule has 0 fully saturated rings. The summed E-state index contributed by atoms with van der Waals surface area (Å²) in [4.78, 5) is 2.52. The summed E-state index contributed by atoms with van der Waals surface area (Å²) < 4.78 is 2.40. The minimum Gasteiger partial charge on any atom is -0.309 e. The zero-order valence-electron chi connectivity index (χ0n) is 38.6. The van der Waals surface area contributed by atoms with Crippen molar-refractivity contribution in [2.45, 2.75) is 19.3 Å². The maximum Gasteiger partial charge on any atom is 0.0547 e. The lowest BCUT2D eigenvalue weighted by atomic mass is 9.76. The number of benzene rings is 11. The van der Waals surface area contributed by atoms with E-state index < -0.39 is 0 Å². The fourth-order valence-electron chi connectivity index (χ4n) is 11.7. The average molecular weight is 881 g/mol. The first-order valence-corrected chi connectivity index (χ1v) is 24.0. The largest absolute Gasteiger partial charge is 0.309 e. The van der Waals surface area contributed by atoms with Crippen molar-refractivity contribution >= 4 is 49.6 Å². The molecule has 0 amide bonds. The van der Waals surface area contributed by atoms with Crippen LogP contribution in [0.15, 0.2) is 255 Å². The highest BCUT2D eigenvalue weighted by atomic mass is 15.1. The van der Waals surface area contributed by atoms with Gasteiger partial charge >= 0.3 is 0 Å². The topological polar surface area (TPSA) is 8.17 Å². The van der Waals surface area contributed by atoms with E-state index in [1.165, 1.54) is 77.1 Å². The van der Waals surface area contributed by atoms with Crippen LogP contribution in [0.5, 0.6) is 0 Å². The Bertz CT molecular complexity index is 3920. The van der Waals surface area contributed by atoms with Gasteiger partial charge in [-0.25, -0.2) is 0 Å². The number of nitrogens with zero attached hydrogens (tertiary/aromatic N) is 2. The molecular formula is C67H48N2. The molecular weight excluding hydrogens is 833 g/mol. The molecule has 0 N–H and O–H groups in total. The highest BCUT2D eigenvalue weighted by molar-refractivity contribution is 6.16. The van der Waals surface area contributed by atoms with E-state index in [0.717, 1.165) is 45.0 Å². The van der Waals surface area contributed by atoms with Crippen molar-refractivity contribution in [3.8, 4) is 61.3 Å². The van der Waals surface area contributed by atoms with Crippen LogP contribution in [0.1, 0.15) is 25.0 Å². The molecule has 1 aromatic heterocycles. The van der Waals surface area contributed by atoms with Gasteiger partial charge < -0.3 is 9.47 Å². The molecule has 11 aromatic carbocycles. The maximum absolute atomic E-state index is 2.52. The zero-order valence-corrected chi connectivity index (χ0v) is 38.6. The van der Waals surface area contributed by atoms with Gasteiger partial charge in [-0.1, -0.05) is 220 Å². The highest BCUT2D eigenvalue weighted by Gasteiger charge is 2.39. The van der Waals surface area contributed by atoms with Crippen LogP contribution >= 0.6 is 0 Å². The average Bonchev–Trinajstić information content (AvgIpc) is 3.88. The summed E-state index contributed by atoms with van der Waals surface area (Å²) in [7, 11) is 0. The van der Waals surface area contributed by atoms with E-state index in [1.807, 2.05) is 0 Å². The van der Waals surface area contributed by atoms with Crippen molar-refractivity contribution < 1.29 is 0 Å². The second kappa shape index (κ2) is 16.3. The molecule has 2 heteroatoms. The van der Waals surface area contributed by atoms with E-state index in [4.69, 9.17) is 0 Å². The van der Waals surface area contributed by atoms with Gasteiger partial charge in [0.2, 0.25) is 0 Å². The standard InChI is InChI=1S/C67H48N2/c1-67(2)65-53-32-13-12-24-46(53)42-43-57(65)56-37-19-36-55(66(56)67)54-35-21-40-61(63(54)47-25-8-4-9-26-47)69(59-38-16-14-31-51(59)45-22-6-3-7-23-45)50-30-18-27-48(44-50)52-34-20-41-62-64(52)58-33-15-17-39-60(58)68(62)49-28-10-5-11-29-49/h3-44H,1-2H3. The first-order valence-electron chi connectivity index (χ1n) is 24.0. The number of hydrogen-bond donors (Lipinski definition) is 0. The summed E-state index contributed by atoms with van der Waals surface area (Å²) in [6, 6.07) is 93.6. The van der Waals surface area contributed by atoms with Crippen LogP contribution in [0.25, 0.3) is 93.9 Å². The summed E-state index contributed by atoms with van der Waals surface area (Å²) in [5.41, 5.74) is 21.4. The number of para-hydroxylation sites is 3. The van der Waals surface area contributed by atoms with E-state index in [2.05, 4.69) is 278 Å². The molecule has 0 saturated carbocycles. The fraction of sp³-hybridized carbons (Fsp3) is 0.0448. The number of hydrogen-bond acceptors (Lipinski definition) is 1. The van der Waals surface area contributed by atoms with Crippen molar-refractivity contribution in [1.29, 1.82) is 0 Å². The third-order valence-corrected chi connectivity index (χ3v) is 14.5. The summed E-state index contributed by atoms with van der Waals surface area (Å²) >= 11 is 0. The van der Waals surface area contributed by atoms with Crippen LogP contribution in [0.3, 0.4) is 0 Å². The van der Waals surface area contributed by atoms with Crippen LogP contribution in [-0.4, -0.2) is 4.57 Å². The van der Waals surface area contributed by atoms with Gasteiger partial charge in [-0.15, -0.1) is 0 Å². The maximum atomic E-state index is 2.52. The first-order chi connectivity index (χ1) is 34.0. The van der Waals surface area contributed by atoms with Gasteiger partial charge in [0.05, 0.1) is 22.4 Å². The van der Waals surface area contributed by atoms with E-state index in [0.29, 0.717) is 0 Å². The van der Waals surface area contributed by atoms with Crippen molar-refractivity contribution in [3.63, 3.8) is 0 Å². The Morgan fingerprint density at radius 2 is 0.884 bits per heavy atom. The van der Waals surface area contributed by atoms with Gasteiger partial charge in [-0.2, -0.15) is 0 Å². The lowest BCUT2D eigenvalue weighted by molar-refractivity contribution is 0.668. The zero-order chi connectivity index (χ0) is 46.1. The Morgan fingerprint density at radius 3 is 1.70 bits per heavy atom. The summed E-state index contributed by atoms with van der Waals surface area (Å²) in [6.45, 7) is 4.84. The van der Waals surface area contributed by atoms with Crippen molar-refractivity contribution in [1.82, 2.24) is 4.57 Å². The molecule has 2 nitrogen and oxygen atoms in total. The molecule has 0 bridgehead atoms. The number of aromatic nitrogens is 1. The number of rotatable bonds is 8. The Hall–Kier alpha value is -8.72. The van der Waals surface area contributed by atoms with Gasteiger partial charge in [0.1, 0.15) is 0 Å². The van der Waals surface area contributed by atoms with Gasteiger partial charge in [-0.05, 0) is 115 Å². The third-order valence-electron chi connectivity index (χ3n) is 14.5. The molecule has 0 atom stereocenters. The monoisotopic (exact) mass is 880 g/mol. The Morgan fingerprint density at radius 1 is 0.348 bits per heavy atom. The quantitative estimate of drug-likeness (QED) is 0.148. The van der Waals surface area contributed by atoms with E-state index >= 15 is 0 Å². The van der Waals surface area contributed by atoms with Gasteiger partial charge in [0.15, 0.2) is 0 Å². The normalized spacial score (nSPS) is 12.6. The van der Waals surface area contributed by atoms with E-state index in [9.17, 15) is 0 Å². The van der Waals surface area contributed by atoms with Gasteiger partial charge in [-0.3, -0.25) is 0 Å². The molecule has 0 aliphatic heterocycles. The molecule has 13 rings (SSSR count). The predicted octanol–water partition coefficient (Wildman–Crippen LogP) is 18.4. The fourth-order valence-corrected chi connectivity index (χ4v) is 11.7. The second-order valence-corrected chi connectivity index (χ2v) is 18.8. The minimum atomic E-state index is -0.259. The molecule has 0 unspecified atom stereocenters. The van der Waals surface area contributed by atoms with Crippen LogP contribution < -0.4 is 4.90 Å². The Balaban J connectivity index is 1.07. The molecule has 0 saturated heterocycles. The summed E-state index contributed by atoms with van der Waals surface area (Å²) in [5, 5.41) is 5.07. The van der Waals surface area contributed by atoms with Gasteiger partial charge in [0, 0.05) is 38.7 Å². The molecule has 0 spiro atoms.